The van der Waals surface area contributed by atoms with Crippen molar-refractivity contribution in [3.05, 3.63) is 24.3 Å². The Morgan fingerprint density at radius 3 is 3.15 bits per heavy atom. The summed E-state index contributed by atoms with van der Waals surface area (Å²) in [5.41, 5.74) is 1.77. The normalized spacial score (nSPS) is 11.4. The quantitative estimate of drug-likeness (QED) is 0.420. The van der Waals surface area contributed by atoms with Crippen molar-refractivity contribution in [2.24, 2.45) is 5.16 Å². The van der Waals surface area contributed by atoms with E-state index in [0.29, 0.717) is 6.54 Å². The fraction of sp³-hybridized carbons (Fsp3) is 0.125. The monoisotopic (exact) mass is 176 g/mol. The molecule has 5 nitrogen and oxygen atoms in total. The minimum Gasteiger partial charge on any atom is -0.411 e. The SMILES string of the molecule is ON=CCn1nnc2ccccc21. The third-order valence-electron chi connectivity index (χ3n) is 1.76. The Hall–Kier alpha value is -1.91. The highest BCUT2D eigenvalue weighted by molar-refractivity contribution is 5.75. The zero-order valence-corrected chi connectivity index (χ0v) is 6.83. The standard InChI is InChI=1S/C8H8N4O/c13-9-5-6-12-8-4-2-1-3-7(8)10-11-12/h1-5,13H,6H2. The van der Waals surface area contributed by atoms with E-state index in [1.807, 2.05) is 24.3 Å². The Morgan fingerprint density at radius 2 is 2.31 bits per heavy atom. The third kappa shape index (κ3) is 1.35. The van der Waals surface area contributed by atoms with Gasteiger partial charge in [-0.25, -0.2) is 4.68 Å². The summed E-state index contributed by atoms with van der Waals surface area (Å²) in [6.45, 7) is 0.428. The van der Waals surface area contributed by atoms with Crippen molar-refractivity contribution in [1.29, 1.82) is 0 Å². The van der Waals surface area contributed by atoms with E-state index >= 15 is 0 Å². The van der Waals surface area contributed by atoms with Crippen LogP contribution < -0.4 is 0 Å². The van der Waals surface area contributed by atoms with Crippen LogP contribution in [-0.4, -0.2) is 26.4 Å². The molecular formula is C8H8N4O. The minimum absolute atomic E-state index is 0.428. The number of hydrogen-bond acceptors (Lipinski definition) is 4. The van der Waals surface area contributed by atoms with E-state index in [2.05, 4.69) is 15.5 Å². The zero-order chi connectivity index (χ0) is 9.10. The molecule has 0 saturated carbocycles. The van der Waals surface area contributed by atoms with Crippen LogP contribution in [0.2, 0.25) is 0 Å². The maximum absolute atomic E-state index is 8.25. The van der Waals surface area contributed by atoms with E-state index in [1.54, 1.807) is 4.68 Å². The van der Waals surface area contributed by atoms with Gasteiger partial charge >= 0.3 is 0 Å². The van der Waals surface area contributed by atoms with Crippen molar-refractivity contribution < 1.29 is 5.21 Å². The molecule has 0 unspecified atom stereocenters. The molecule has 66 valence electrons. The van der Waals surface area contributed by atoms with Gasteiger partial charge in [0.05, 0.1) is 18.3 Å². The lowest BCUT2D eigenvalue weighted by Gasteiger charge is -1.94. The van der Waals surface area contributed by atoms with E-state index in [9.17, 15) is 0 Å². The van der Waals surface area contributed by atoms with Gasteiger partial charge in [0.2, 0.25) is 0 Å². The molecule has 5 heteroatoms. The second kappa shape index (κ2) is 3.22. The van der Waals surface area contributed by atoms with Crippen LogP contribution >= 0.6 is 0 Å². The molecule has 0 saturated heterocycles. The summed E-state index contributed by atoms with van der Waals surface area (Å²) in [4.78, 5) is 0. The number of aromatic nitrogens is 3. The highest BCUT2D eigenvalue weighted by Gasteiger charge is 2.00. The van der Waals surface area contributed by atoms with E-state index in [-0.39, 0.29) is 0 Å². The van der Waals surface area contributed by atoms with Crippen molar-refractivity contribution in [3.8, 4) is 0 Å². The van der Waals surface area contributed by atoms with Crippen LogP contribution in [0.25, 0.3) is 11.0 Å². The van der Waals surface area contributed by atoms with Gasteiger partial charge in [0, 0.05) is 0 Å². The van der Waals surface area contributed by atoms with Gasteiger partial charge in [0.25, 0.3) is 0 Å². The van der Waals surface area contributed by atoms with Crippen molar-refractivity contribution in [1.82, 2.24) is 15.0 Å². The average molecular weight is 176 g/mol. The van der Waals surface area contributed by atoms with Crippen molar-refractivity contribution in [2.75, 3.05) is 0 Å². The highest BCUT2D eigenvalue weighted by Crippen LogP contribution is 2.08. The summed E-state index contributed by atoms with van der Waals surface area (Å²) in [5, 5.41) is 19.0. The summed E-state index contributed by atoms with van der Waals surface area (Å²) >= 11 is 0. The molecule has 13 heavy (non-hydrogen) atoms. The number of oxime groups is 1. The predicted octanol–water partition coefficient (Wildman–Crippen LogP) is 0.891. The van der Waals surface area contributed by atoms with Crippen LogP contribution in [0.15, 0.2) is 29.4 Å². The molecule has 1 N–H and O–H groups in total. The van der Waals surface area contributed by atoms with Gasteiger partial charge in [0.15, 0.2) is 0 Å². The molecule has 0 radical (unpaired) electrons. The number of rotatable bonds is 2. The molecule has 2 aromatic rings. The molecule has 1 aromatic carbocycles. The molecule has 0 bridgehead atoms. The minimum atomic E-state index is 0.428. The fourth-order valence-electron chi connectivity index (χ4n) is 1.17. The largest absolute Gasteiger partial charge is 0.411 e. The molecule has 0 spiro atoms. The second-order valence-electron chi connectivity index (χ2n) is 2.56. The molecule has 0 aliphatic rings. The molecule has 0 amide bonds. The topological polar surface area (TPSA) is 63.3 Å². The molecule has 0 aliphatic carbocycles. The van der Waals surface area contributed by atoms with Crippen LogP contribution in [0, 0.1) is 0 Å². The Labute approximate surface area is 74.3 Å². The lowest BCUT2D eigenvalue weighted by atomic mass is 10.3. The summed E-state index contributed by atoms with van der Waals surface area (Å²) in [6.07, 6.45) is 1.36. The summed E-state index contributed by atoms with van der Waals surface area (Å²) in [7, 11) is 0. The molecule has 0 aliphatic heterocycles. The van der Waals surface area contributed by atoms with Crippen molar-refractivity contribution >= 4 is 17.2 Å². The maximum Gasteiger partial charge on any atom is 0.113 e. The maximum atomic E-state index is 8.25. The molecule has 1 aromatic heterocycles. The first-order valence-corrected chi connectivity index (χ1v) is 3.86. The van der Waals surface area contributed by atoms with Crippen molar-refractivity contribution in [2.45, 2.75) is 6.54 Å². The van der Waals surface area contributed by atoms with Crippen LogP contribution in [0.4, 0.5) is 0 Å². The Morgan fingerprint density at radius 1 is 1.46 bits per heavy atom. The lowest BCUT2D eigenvalue weighted by Crippen LogP contribution is -2.00. The molecule has 0 atom stereocenters. The average Bonchev–Trinajstić information content (AvgIpc) is 2.58. The van der Waals surface area contributed by atoms with E-state index in [4.69, 9.17) is 5.21 Å². The number of nitrogens with zero attached hydrogens (tertiary/aromatic N) is 4. The Kier molecular flexibility index (Phi) is 1.91. The predicted molar refractivity (Wildman–Crippen MR) is 47.8 cm³/mol. The van der Waals surface area contributed by atoms with Gasteiger partial charge < -0.3 is 5.21 Å². The Balaban J connectivity index is 2.45. The van der Waals surface area contributed by atoms with E-state index in [1.165, 1.54) is 6.21 Å². The first-order valence-electron chi connectivity index (χ1n) is 3.86. The molecule has 2 rings (SSSR count). The fourth-order valence-corrected chi connectivity index (χ4v) is 1.17. The first-order chi connectivity index (χ1) is 6.42. The highest BCUT2D eigenvalue weighted by atomic mass is 16.4. The summed E-state index contributed by atoms with van der Waals surface area (Å²) in [6, 6.07) is 7.62. The third-order valence-corrected chi connectivity index (χ3v) is 1.76. The number of benzene rings is 1. The number of hydrogen-bond donors (Lipinski definition) is 1. The van der Waals surface area contributed by atoms with E-state index in [0.717, 1.165) is 11.0 Å². The van der Waals surface area contributed by atoms with Crippen LogP contribution in [0.1, 0.15) is 0 Å². The van der Waals surface area contributed by atoms with Gasteiger partial charge in [-0.05, 0) is 12.1 Å². The zero-order valence-electron chi connectivity index (χ0n) is 6.83. The lowest BCUT2D eigenvalue weighted by molar-refractivity contribution is 0.319. The number of para-hydroxylation sites is 1. The Bertz CT molecular complexity index is 434. The smallest absolute Gasteiger partial charge is 0.113 e. The number of fused-ring (bicyclic) bond motifs is 1. The van der Waals surface area contributed by atoms with Gasteiger partial charge in [0.1, 0.15) is 5.52 Å². The summed E-state index contributed by atoms with van der Waals surface area (Å²) < 4.78 is 1.66. The van der Waals surface area contributed by atoms with Gasteiger partial charge in [-0.2, -0.15) is 0 Å². The van der Waals surface area contributed by atoms with E-state index < -0.39 is 0 Å². The molecule has 1 heterocycles. The van der Waals surface area contributed by atoms with Crippen molar-refractivity contribution in [3.63, 3.8) is 0 Å². The summed E-state index contributed by atoms with van der Waals surface area (Å²) in [5.74, 6) is 0. The van der Waals surface area contributed by atoms with Crippen LogP contribution in [0.3, 0.4) is 0 Å². The van der Waals surface area contributed by atoms with Crippen LogP contribution in [-0.2, 0) is 6.54 Å². The van der Waals surface area contributed by atoms with Crippen LogP contribution in [0.5, 0.6) is 0 Å². The second-order valence-corrected chi connectivity index (χ2v) is 2.56. The van der Waals surface area contributed by atoms with Gasteiger partial charge in [-0.3, -0.25) is 0 Å². The van der Waals surface area contributed by atoms with Gasteiger partial charge in [-0.1, -0.05) is 17.3 Å². The first kappa shape index (κ1) is 7.72. The molecule has 0 fully saturated rings. The molecular weight excluding hydrogens is 168 g/mol. The van der Waals surface area contributed by atoms with Gasteiger partial charge in [-0.15, -0.1) is 10.3 Å².